The lowest BCUT2D eigenvalue weighted by molar-refractivity contribution is -0.143. The number of amides is 2. The van der Waals surface area contributed by atoms with Crippen molar-refractivity contribution in [2.24, 2.45) is 5.73 Å². The molecule has 0 saturated heterocycles. The molecule has 0 heterocycles. The predicted molar refractivity (Wildman–Crippen MR) is 83.0 cm³/mol. The summed E-state index contributed by atoms with van der Waals surface area (Å²) in [6.07, 6.45) is 2.15. The minimum atomic E-state index is -3.01. The SMILES string of the molecule is NC(=O)CNC(=O)COC(=O)/C=C/c1cc(Br)ccc1OC(F)F. The van der Waals surface area contributed by atoms with Crippen LogP contribution in [0.15, 0.2) is 28.7 Å². The number of carbonyl (C=O) groups excluding carboxylic acids is 3. The second kappa shape index (κ2) is 9.60. The zero-order valence-corrected chi connectivity index (χ0v) is 13.7. The van der Waals surface area contributed by atoms with Crippen LogP contribution in [0, 0.1) is 0 Å². The Hall–Kier alpha value is -2.49. The van der Waals surface area contributed by atoms with Crippen molar-refractivity contribution >= 4 is 39.8 Å². The van der Waals surface area contributed by atoms with E-state index in [2.05, 4.69) is 30.7 Å². The third-order valence-corrected chi connectivity index (χ3v) is 2.89. The number of nitrogens with one attached hydrogen (secondary N) is 1. The second-order valence-corrected chi connectivity index (χ2v) is 5.16. The first-order valence-electron chi connectivity index (χ1n) is 6.42. The van der Waals surface area contributed by atoms with Crippen LogP contribution in [-0.4, -0.2) is 37.5 Å². The first-order valence-corrected chi connectivity index (χ1v) is 7.21. The quantitative estimate of drug-likeness (QED) is 0.498. The van der Waals surface area contributed by atoms with E-state index in [0.29, 0.717) is 4.47 Å². The number of carbonyl (C=O) groups is 3. The van der Waals surface area contributed by atoms with Crippen LogP contribution < -0.4 is 15.8 Å². The lowest BCUT2D eigenvalue weighted by Gasteiger charge is -2.08. The van der Waals surface area contributed by atoms with Gasteiger partial charge in [0.25, 0.3) is 5.91 Å². The molecule has 3 N–H and O–H groups in total. The molecule has 10 heteroatoms. The Kier molecular flexibility index (Phi) is 7.83. The number of ether oxygens (including phenoxy) is 2. The zero-order chi connectivity index (χ0) is 18.1. The van der Waals surface area contributed by atoms with E-state index in [-0.39, 0.29) is 17.9 Å². The third kappa shape index (κ3) is 7.68. The van der Waals surface area contributed by atoms with Gasteiger partial charge in [0.1, 0.15) is 5.75 Å². The highest BCUT2D eigenvalue weighted by molar-refractivity contribution is 9.10. The van der Waals surface area contributed by atoms with Crippen LogP contribution >= 0.6 is 15.9 Å². The van der Waals surface area contributed by atoms with E-state index in [9.17, 15) is 23.2 Å². The summed E-state index contributed by atoms with van der Waals surface area (Å²) >= 11 is 3.16. The summed E-state index contributed by atoms with van der Waals surface area (Å²) < 4.78 is 34.1. The number of benzene rings is 1. The molecule has 7 nitrogen and oxygen atoms in total. The number of alkyl halides is 2. The summed E-state index contributed by atoms with van der Waals surface area (Å²) in [5, 5.41) is 2.13. The molecule has 0 atom stereocenters. The van der Waals surface area contributed by atoms with Gasteiger partial charge < -0.3 is 20.5 Å². The van der Waals surface area contributed by atoms with Gasteiger partial charge in [-0.15, -0.1) is 0 Å². The first-order chi connectivity index (χ1) is 11.3. The van der Waals surface area contributed by atoms with Crippen LogP contribution in [0.5, 0.6) is 5.75 Å². The summed E-state index contributed by atoms with van der Waals surface area (Å²) in [6, 6.07) is 4.26. The number of halogens is 3. The summed E-state index contributed by atoms with van der Waals surface area (Å²) in [5.41, 5.74) is 5.04. The van der Waals surface area contributed by atoms with Gasteiger partial charge in [-0.1, -0.05) is 15.9 Å². The lowest BCUT2D eigenvalue weighted by atomic mass is 10.2. The maximum atomic E-state index is 12.3. The zero-order valence-electron chi connectivity index (χ0n) is 12.1. The normalized spacial score (nSPS) is 10.7. The number of hydrogen-bond donors (Lipinski definition) is 2. The monoisotopic (exact) mass is 406 g/mol. The fraction of sp³-hybridized carbons (Fsp3) is 0.214. The van der Waals surface area contributed by atoms with Crippen LogP contribution in [0.25, 0.3) is 6.08 Å². The molecule has 0 saturated carbocycles. The van der Waals surface area contributed by atoms with Gasteiger partial charge in [0.2, 0.25) is 5.91 Å². The lowest BCUT2D eigenvalue weighted by Crippen LogP contribution is -2.35. The molecule has 24 heavy (non-hydrogen) atoms. The molecular weight excluding hydrogens is 394 g/mol. The second-order valence-electron chi connectivity index (χ2n) is 4.24. The molecular formula is C14H13BrF2N2O5. The molecule has 0 fully saturated rings. The fourth-order valence-corrected chi connectivity index (χ4v) is 1.81. The molecule has 1 aromatic carbocycles. The number of hydrogen-bond acceptors (Lipinski definition) is 5. The molecule has 0 bridgehead atoms. The summed E-state index contributed by atoms with van der Waals surface area (Å²) in [7, 11) is 0. The number of primary amides is 1. The minimum absolute atomic E-state index is 0.128. The molecule has 0 spiro atoms. The molecule has 130 valence electrons. The smallest absolute Gasteiger partial charge is 0.387 e. The van der Waals surface area contributed by atoms with Gasteiger partial charge in [0.05, 0.1) is 6.54 Å². The maximum Gasteiger partial charge on any atom is 0.387 e. The molecule has 0 aliphatic carbocycles. The van der Waals surface area contributed by atoms with Gasteiger partial charge in [-0.05, 0) is 24.3 Å². The van der Waals surface area contributed by atoms with E-state index in [0.717, 1.165) is 6.08 Å². The van der Waals surface area contributed by atoms with Crippen LogP contribution in [0.3, 0.4) is 0 Å². The van der Waals surface area contributed by atoms with Crippen molar-refractivity contribution in [3.8, 4) is 5.75 Å². The van der Waals surface area contributed by atoms with Crippen LogP contribution in [0.1, 0.15) is 5.56 Å². The van der Waals surface area contributed by atoms with Crippen molar-refractivity contribution in [1.29, 1.82) is 0 Å². The molecule has 0 aliphatic heterocycles. The number of rotatable bonds is 8. The van der Waals surface area contributed by atoms with Gasteiger partial charge >= 0.3 is 12.6 Å². The predicted octanol–water partition coefficient (Wildman–Crippen LogP) is 1.21. The molecule has 1 aromatic rings. The third-order valence-electron chi connectivity index (χ3n) is 2.39. The number of esters is 1. The highest BCUT2D eigenvalue weighted by Gasteiger charge is 2.10. The molecule has 0 unspecified atom stereocenters. The van der Waals surface area contributed by atoms with E-state index in [1.807, 2.05) is 0 Å². The fourth-order valence-electron chi connectivity index (χ4n) is 1.43. The van der Waals surface area contributed by atoms with Gasteiger partial charge in [-0.2, -0.15) is 8.78 Å². The van der Waals surface area contributed by atoms with E-state index in [4.69, 9.17) is 5.73 Å². The van der Waals surface area contributed by atoms with Crippen LogP contribution in [0.4, 0.5) is 8.78 Å². The van der Waals surface area contributed by atoms with E-state index >= 15 is 0 Å². The highest BCUT2D eigenvalue weighted by atomic mass is 79.9. The summed E-state index contributed by atoms with van der Waals surface area (Å²) in [5.74, 6) is -2.46. The molecule has 1 rings (SSSR count). The standard InChI is InChI=1S/C14H13BrF2N2O5/c15-9-2-3-10(24-14(16)17)8(5-9)1-4-13(22)23-7-12(21)19-6-11(18)20/h1-5,14H,6-7H2,(H2,18,20)(H,19,21)/b4-1+. The average Bonchev–Trinajstić information content (AvgIpc) is 2.50. The van der Waals surface area contributed by atoms with E-state index < -0.39 is 31.0 Å². The molecule has 2 amide bonds. The summed E-state index contributed by atoms with van der Waals surface area (Å²) in [4.78, 5) is 33.2. The highest BCUT2D eigenvalue weighted by Crippen LogP contribution is 2.25. The van der Waals surface area contributed by atoms with Crippen molar-refractivity contribution in [2.75, 3.05) is 13.2 Å². The minimum Gasteiger partial charge on any atom is -0.452 e. The van der Waals surface area contributed by atoms with Gasteiger partial charge in [0, 0.05) is 16.1 Å². The van der Waals surface area contributed by atoms with Crippen molar-refractivity contribution in [3.63, 3.8) is 0 Å². The average molecular weight is 407 g/mol. The van der Waals surface area contributed by atoms with Crippen molar-refractivity contribution in [2.45, 2.75) is 6.61 Å². The Balaban J connectivity index is 2.62. The van der Waals surface area contributed by atoms with Gasteiger partial charge in [0.15, 0.2) is 6.61 Å². The Labute approximate surface area is 143 Å². The maximum absolute atomic E-state index is 12.3. The van der Waals surface area contributed by atoms with Gasteiger partial charge in [-0.25, -0.2) is 4.79 Å². The Morgan fingerprint density at radius 2 is 2.04 bits per heavy atom. The molecule has 0 radical (unpaired) electrons. The first kappa shape index (κ1) is 19.6. The van der Waals surface area contributed by atoms with Crippen molar-refractivity contribution in [1.82, 2.24) is 5.32 Å². The molecule has 0 aliphatic rings. The Morgan fingerprint density at radius 3 is 2.67 bits per heavy atom. The largest absolute Gasteiger partial charge is 0.452 e. The van der Waals surface area contributed by atoms with Gasteiger partial charge in [-0.3, -0.25) is 9.59 Å². The van der Waals surface area contributed by atoms with Crippen molar-refractivity contribution < 1.29 is 32.6 Å². The van der Waals surface area contributed by atoms with E-state index in [1.54, 1.807) is 0 Å². The Bertz CT molecular complexity index is 652. The summed E-state index contributed by atoms with van der Waals surface area (Å²) in [6.45, 7) is -4.01. The topological polar surface area (TPSA) is 108 Å². The number of nitrogens with two attached hydrogens (primary N) is 1. The molecule has 0 aromatic heterocycles. The Morgan fingerprint density at radius 1 is 1.33 bits per heavy atom. The van der Waals surface area contributed by atoms with Crippen molar-refractivity contribution in [3.05, 3.63) is 34.3 Å². The van der Waals surface area contributed by atoms with Crippen LogP contribution in [-0.2, 0) is 19.1 Å². The van der Waals surface area contributed by atoms with Crippen LogP contribution in [0.2, 0.25) is 0 Å². The van der Waals surface area contributed by atoms with E-state index in [1.165, 1.54) is 24.3 Å².